The molecule has 85 valence electrons. The Morgan fingerprint density at radius 1 is 0.688 bits per heavy atom. The van der Waals surface area contributed by atoms with Crippen LogP contribution in [0.1, 0.15) is 71.1 Å². The van der Waals surface area contributed by atoms with E-state index in [0.717, 1.165) is 0 Å². The first-order valence-electron chi connectivity index (χ1n) is 6.37. The number of unbranched alkanes of at least 4 members (excludes halogenated alkanes) is 9. The summed E-state index contributed by atoms with van der Waals surface area (Å²) >= 11 is 4.09. The minimum absolute atomic E-state index is 0. The van der Waals surface area contributed by atoms with E-state index in [1.807, 2.05) is 6.56 Å². The van der Waals surface area contributed by atoms with Gasteiger partial charge in [0.2, 0.25) is 0 Å². The summed E-state index contributed by atoms with van der Waals surface area (Å²) in [5, 5.41) is 0. The minimum Gasteiger partial charge on any atom is -0.235 e. The third-order valence-electron chi connectivity index (χ3n) is 2.69. The molecule has 0 N–H and O–H groups in total. The first kappa shape index (κ1) is 23.5. The summed E-state index contributed by atoms with van der Waals surface area (Å²) in [6.07, 6.45) is 15.4. The molecule has 0 spiro atoms. The molecule has 16 heavy (non-hydrogen) atoms. The molecule has 0 rings (SSSR count). The Labute approximate surface area is 154 Å². The van der Waals surface area contributed by atoms with E-state index in [0.29, 0.717) is 0 Å². The molecule has 0 aromatic heterocycles. The molecule has 0 aliphatic heterocycles. The molecule has 0 atom stereocenters. The van der Waals surface area contributed by atoms with Crippen molar-refractivity contribution < 1.29 is 0 Å². The van der Waals surface area contributed by atoms with E-state index in [1.165, 1.54) is 70.5 Å². The van der Waals surface area contributed by atoms with Gasteiger partial charge in [-0.05, 0) is 0 Å². The topological polar surface area (TPSA) is 0 Å². The van der Waals surface area contributed by atoms with Crippen LogP contribution in [-0.4, -0.2) is 65.7 Å². The molecule has 0 aromatic rings. The summed E-state index contributed by atoms with van der Waals surface area (Å²) in [6.45, 7) is 4.25. The zero-order valence-corrected chi connectivity index (χ0v) is 16.7. The van der Waals surface area contributed by atoms with Gasteiger partial charge < -0.3 is 0 Å². The average molecular weight is 259 g/mol. The van der Waals surface area contributed by atoms with E-state index in [2.05, 4.69) is 19.4 Å². The molecular formula is C12H26BNa2S. The minimum atomic E-state index is 0. The van der Waals surface area contributed by atoms with E-state index in [-0.39, 0.29) is 59.1 Å². The Balaban J connectivity index is -0.000000845. The molecule has 0 fully saturated rings. The summed E-state index contributed by atoms with van der Waals surface area (Å²) in [5.41, 5.74) is 0. The van der Waals surface area contributed by atoms with Gasteiger partial charge >= 0.3 is 0 Å². The molecule has 0 amide bonds. The molecule has 0 bridgehead atoms. The zero-order chi connectivity index (χ0) is 10.5. The van der Waals surface area contributed by atoms with Gasteiger partial charge in [0.15, 0.2) is 6.56 Å². The molecular weight excluding hydrogens is 233 g/mol. The summed E-state index contributed by atoms with van der Waals surface area (Å²) < 4.78 is 0. The normalized spacial score (nSPS) is 9.12. The molecule has 0 aromatic carbocycles. The first-order valence-corrected chi connectivity index (χ1v) is 6.89. The van der Waals surface area contributed by atoms with Gasteiger partial charge in [-0.1, -0.05) is 77.5 Å². The molecule has 0 unspecified atom stereocenters. The predicted molar refractivity (Wildman–Crippen MR) is 82.9 cm³/mol. The van der Waals surface area contributed by atoms with Crippen molar-refractivity contribution in [2.75, 3.05) is 0 Å². The van der Waals surface area contributed by atoms with E-state index in [9.17, 15) is 0 Å². The fourth-order valence-corrected chi connectivity index (χ4v) is 1.91. The second kappa shape index (κ2) is 22.6. The summed E-state index contributed by atoms with van der Waals surface area (Å²) in [6, 6.07) is 0. The van der Waals surface area contributed by atoms with Gasteiger partial charge in [-0.15, -0.1) is 0 Å². The Hall–Kier alpha value is 2.41. The molecule has 4 heteroatoms. The SMILES string of the molecule is CCCCCCCCCCCC[B]S.[Na].[Na]. The quantitative estimate of drug-likeness (QED) is 0.322. The van der Waals surface area contributed by atoms with Crippen molar-refractivity contribution in [1.29, 1.82) is 0 Å². The van der Waals surface area contributed by atoms with E-state index in [4.69, 9.17) is 0 Å². The summed E-state index contributed by atoms with van der Waals surface area (Å²) in [7, 11) is 0. The van der Waals surface area contributed by atoms with Gasteiger partial charge in [0, 0.05) is 59.1 Å². The maximum atomic E-state index is 4.09. The van der Waals surface area contributed by atoms with Crippen LogP contribution in [0, 0.1) is 0 Å². The average Bonchev–Trinajstić information content (AvgIpc) is 2.21. The Bertz CT molecular complexity index is 93.0. The van der Waals surface area contributed by atoms with E-state index >= 15 is 0 Å². The Morgan fingerprint density at radius 2 is 1.06 bits per heavy atom. The van der Waals surface area contributed by atoms with Crippen LogP contribution in [0.3, 0.4) is 0 Å². The Morgan fingerprint density at radius 3 is 1.44 bits per heavy atom. The number of hydrogen-bond acceptors (Lipinski definition) is 1. The maximum Gasteiger partial charge on any atom is 0.187 e. The molecule has 3 radical (unpaired) electrons. The monoisotopic (exact) mass is 259 g/mol. The van der Waals surface area contributed by atoms with Gasteiger partial charge in [0.05, 0.1) is 0 Å². The van der Waals surface area contributed by atoms with Crippen LogP contribution in [0.25, 0.3) is 0 Å². The van der Waals surface area contributed by atoms with Crippen molar-refractivity contribution in [3.05, 3.63) is 0 Å². The van der Waals surface area contributed by atoms with Crippen LogP contribution in [0.5, 0.6) is 0 Å². The van der Waals surface area contributed by atoms with Crippen LogP contribution >= 0.6 is 12.5 Å². The van der Waals surface area contributed by atoms with Crippen molar-refractivity contribution in [1.82, 2.24) is 0 Å². The van der Waals surface area contributed by atoms with Crippen molar-refractivity contribution in [3.8, 4) is 0 Å². The zero-order valence-electron chi connectivity index (χ0n) is 11.8. The summed E-state index contributed by atoms with van der Waals surface area (Å²) in [5.74, 6) is 0. The van der Waals surface area contributed by atoms with Crippen LogP contribution < -0.4 is 0 Å². The number of hydrogen-bond donors (Lipinski definition) is 1. The number of rotatable bonds is 11. The van der Waals surface area contributed by atoms with Gasteiger partial charge in [-0.25, -0.2) is 12.5 Å². The van der Waals surface area contributed by atoms with Gasteiger partial charge in [-0.3, -0.25) is 0 Å². The van der Waals surface area contributed by atoms with Crippen molar-refractivity contribution in [2.45, 2.75) is 77.5 Å². The van der Waals surface area contributed by atoms with Gasteiger partial charge in [-0.2, -0.15) is 0 Å². The first-order chi connectivity index (χ1) is 6.91. The smallest absolute Gasteiger partial charge is 0.187 e. The third-order valence-corrected chi connectivity index (χ3v) is 2.94. The second-order valence-corrected chi connectivity index (χ2v) is 4.52. The van der Waals surface area contributed by atoms with Crippen molar-refractivity contribution in [2.24, 2.45) is 0 Å². The second-order valence-electron chi connectivity index (χ2n) is 4.15. The largest absolute Gasteiger partial charge is 0.235 e. The maximum absolute atomic E-state index is 4.09. The van der Waals surface area contributed by atoms with Crippen molar-refractivity contribution in [3.63, 3.8) is 0 Å². The van der Waals surface area contributed by atoms with E-state index in [1.54, 1.807) is 0 Å². The molecule has 0 saturated heterocycles. The summed E-state index contributed by atoms with van der Waals surface area (Å²) in [4.78, 5) is 0. The van der Waals surface area contributed by atoms with Crippen LogP contribution in [0.4, 0.5) is 0 Å². The number of thiol groups is 1. The van der Waals surface area contributed by atoms with E-state index < -0.39 is 0 Å². The third kappa shape index (κ3) is 21.7. The molecule has 0 aliphatic rings. The van der Waals surface area contributed by atoms with Gasteiger partial charge in [0.25, 0.3) is 0 Å². The fraction of sp³-hybridized carbons (Fsp3) is 1.00. The predicted octanol–water partition coefficient (Wildman–Crippen LogP) is 4.11. The molecule has 0 saturated carbocycles. The molecule has 0 aliphatic carbocycles. The molecule has 0 heterocycles. The Kier molecular flexibility index (Phi) is 33.2. The van der Waals surface area contributed by atoms with Crippen LogP contribution in [-0.2, 0) is 0 Å². The van der Waals surface area contributed by atoms with Gasteiger partial charge in [0.1, 0.15) is 0 Å². The van der Waals surface area contributed by atoms with Crippen LogP contribution in [0.15, 0.2) is 0 Å². The van der Waals surface area contributed by atoms with Crippen LogP contribution in [0.2, 0.25) is 6.32 Å². The van der Waals surface area contributed by atoms with Crippen molar-refractivity contribution >= 4 is 78.2 Å². The molecule has 0 nitrogen and oxygen atoms in total. The standard InChI is InChI=1S/C12H26BS.2Na/c1-2-3-4-5-6-7-8-9-10-11-12-13-14;;/h14H,2-12H2,1H3;;. The fourth-order valence-electron chi connectivity index (χ4n) is 1.72.